The van der Waals surface area contributed by atoms with Gasteiger partial charge < -0.3 is 10.2 Å². The second kappa shape index (κ2) is 4.53. The lowest BCUT2D eigenvalue weighted by molar-refractivity contribution is 0.474. The molecule has 0 fully saturated rings. The SMILES string of the molecule is Cc1oc(C)c(C(N)CC2Cc3ccccc32)c1C. The molecule has 1 aliphatic rings. The monoisotopic (exact) mass is 255 g/mol. The number of benzene rings is 1. The van der Waals surface area contributed by atoms with Crippen LogP contribution in [0.5, 0.6) is 0 Å². The van der Waals surface area contributed by atoms with Crippen LogP contribution >= 0.6 is 0 Å². The Kier molecular flexibility index (Phi) is 2.98. The van der Waals surface area contributed by atoms with Crippen molar-refractivity contribution in [2.75, 3.05) is 0 Å². The Balaban J connectivity index is 1.78. The first-order chi connectivity index (χ1) is 9.08. The van der Waals surface area contributed by atoms with Crippen LogP contribution in [0.3, 0.4) is 0 Å². The van der Waals surface area contributed by atoms with Crippen molar-refractivity contribution in [2.24, 2.45) is 5.73 Å². The van der Waals surface area contributed by atoms with Crippen molar-refractivity contribution in [3.8, 4) is 0 Å². The van der Waals surface area contributed by atoms with Crippen molar-refractivity contribution < 1.29 is 4.42 Å². The molecule has 0 aliphatic heterocycles. The molecule has 1 heterocycles. The molecule has 0 amide bonds. The lowest BCUT2D eigenvalue weighted by Gasteiger charge is -2.32. The summed E-state index contributed by atoms with van der Waals surface area (Å²) in [6, 6.07) is 8.76. The molecule has 2 nitrogen and oxygen atoms in total. The number of fused-ring (bicyclic) bond motifs is 1. The molecule has 3 rings (SSSR count). The van der Waals surface area contributed by atoms with E-state index < -0.39 is 0 Å². The number of furan rings is 1. The summed E-state index contributed by atoms with van der Waals surface area (Å²) < 4.78 is 5.69. The fraction of sp³-hybridized carbons (Fsp3) is 0.412. The molecule has 2 aromatic rings. The van der Waals surface area contributed by atoms with Gasteiger partial charge in [0.05, 0.1) is 0 Å². The first-order valence-electron chi connectivity index (χ1n) is 6.97. The zero-order valence-corrected chi connectivity index (χ0v) is 11.9. The first kappa shape index (κ1) is 12.5. The van der Waals surface area contributed by atoms with Crippen LogP contribution in [-0.4, -0.2) is 0 Å². The topological polar surface area (TPSA) is 39.2 Å². The maximum atomic E-state index is 6.42. The van der Waals surface area contributed by atoms with Crippen LogP contribution in [0.4, 0.5) is 0 Å². The van der Waals surface area contributed by atoms with Crippen LogP contribution in [-0.2, 0) is 6.42 Å². The third-order valence-electron chi connectivity index (χ3n) is 4.49. The van der Waals surface area contributed by atoms with Crippen LogP contribution < -0.4 is 5.73 Å². The maximum absolute atomic E-state index is 6.42. The summed E-state index contributed by atoms with van der Waals surface area (Å²) in [6.07, 6.45) is 2.18. The van der Waals surface area contributed by atoms with Gasteiger partial charge in [0.15, 0.2) is 0 Å². The Morgan fingerprint density at radius 1 is 1.21 bits per heavy atom. The number of nitrogens with two attached hydrogens (primary N) is 1. The summed E-state index contributed by atoms with van der Waals surface area (Å²) in [5, 5.41) is 0. The average Bonchev–Trinajstić information content (AvgIpc) is 2.60. The van der Waals surface area contributed by atoms with E-state index in [9.17, 15) is 0 Å². The van der Waals surface area contributed by atoms with Gasteiger partial charge >= 0.3 is 0 Å². The molecule has 0 saturated carbocycles. The van der Waals surface area contributed by atoms with Crippen LogP contribution in [0.2, 0.25) is 0 Å². The predicted octanol–water partition coefficient (Wildman–Crippen LogP) is 3.93. The van der Waals surface area contributed by atoms with Crippen LogP contribution in [0, 0.1) is 20.8 Å². The van der Waals surface area contributed by atoms with Gasteiger partial charge in [-0.3, -0.25) is 0 Å². The van der Waals surface area contributed by atoms with Crippen molar-refractivity contribution >= 4 is 0 Å². The fourth-order valence-electron chi connectivity index (χ4n) is 3.35. The largest absolute Gasteiger partial charge is 0.466 e. The van der Waals surface area contributed by atoms with Crippen molar-refractivity contribution in [1.29, 1.82) is 0 Å². The van der Waals surface area contributed by atoms with Gasteiger partial charge in [-0.15, -0.1) is 0 Å². The third-order valence-corrected chi connectivity index (χ3v) is 4.49. The van der Waals surface area contributed by atoms with E-state index in [0.29, 0.717) is 5.92 Å². The van der Waals surface area contributed by atoms with Crippen molar-refractivity contribution in [3.05, 3.63) is 58.0 Å². The van der Waals surface area contributed by atoms with E-state index in [-0.39, 0.29) is 6.04 Å². The minimum Gasteiger partial charge on any atom is -0.466 e. The highest BCUT2D eigenvalue weighted by Gasteiger charge is 2.29. The number of rotatable bonds is 3. The number of hydrogen-bond acceptors (Lipinski definition) is 2. The van der Waals surface area contributed by atoms with E-state index in [0.717, 1.165) is 17.9 Å². The molecule has 19 heavy (non-hydrogen) atoms. The molecule has 2 N–H and O–H groups in total. The summed E-state index contributed by atoms with van der Waals surface area (Å²) in [7, 11) is 0. The summed E-state index contributed by atoms with van der Waals surface area (Å²) in [6.45, 7) is 6.14. The summed E-state index contributed by atoms with van der Waals surface area (Å²) in [5.74, 6) is 2.59. The van der Waals surface area contributed by atoms with Crippen molar-refractivity contribution in [2.45, 2.75) is 45.6 Å². The predicted molar refractivity (Wildman–Crippen MR) is 77.4 cm³/mol. The summed E-state index contributed by atoms with van der Waals surface area (Å²) in [5.41, 5.74) is 11.8. The highest BCUT2D eigenvalue weighted by Crippen LogP contribution is 2.41. The molecule has 2 atom stereocenters. The molecule has 0 spiro atoms. The second-order valence-electron chi connectivity index (χ2n) is 5.70. The zero-order valence-electron chi connectivity index (χ0n) is 11.9. The summed E-state index contributed by atoms with van der Waals surface area (Å²) >= 11 is 0. The van der Waals surface area contributed by atoms with Gasteiger partial charge in [-0.25, -0.2) is 0 Å². The molecule has 1 aromatic carbocycles. The molecule has 1 aromatic heterocycles. The van der Waals surface area contributed by atoms with E-state index in [1.54, 1.807) is 0 Å². The quantitative estimate of drug-likeness (QED) is 0.902. The third kappa shape index (κ3) is 2.00. The number of aryl methyl sites for hydroxylation is 2. The molecule has 0 saturated heterocycles. The van der Waals surface area contributed by atoms with E-state index in [1.807, 2.05) is 13.8 Å². The van der Waals surface area contributed by atoms with Crippen molar-refractivity contribution in [1.82, 2.24) is 0 Å². The smallest absolute Gasteiger partial charge is 0.106 e. The lowest BCUT2D eigenvalue weighted by Crippen LogP contribution is -2.23. The first-order valence-corrected chi connectivity index (χ1v) is 6.97. The summed E-state index contributed by atoms with van der Waals surface area (Å²) in [4.78, 5) is 0. The van der Waals surface area contributed by atoms with Gasteiger partial charge in [0, 0.05) is 11.6 Å². The van der Waals surface area contributed by atoms with Gasteiger partial charge in [-0.1, -0.05) is 24.3 Å². The Morgan fingerprint density at radius 2 is 1.95 bits per heavy atom. The molecular formula is C17H21NO. The minimum absolute atomic E-state index is 0.0795. The molecule has 0 radical (unpaired) electrons. The van der Waals surface area contributed by atoms with E-state index in [4.69, 9.17) is 10.2 Å². The molecular weight excluding hydrogens is 234 g/mol. The Hall–Kier alpha value is -1.54. The Labute approximate surface area is 114 Å². The van der Waals surface area contributed by atoms with E-state index in [1.165, 1.54) is 28.7 Å². The van der Waals surface area contributed by atoms with Crippen LogP contribution in [0.15, 0.2) is 28.7 Å². The standard InChI is InChI=1S/C17H21NO/c1-10-11(2)19-12(3)17(10)16(18)9-14-8-13-6-4-5-7-15(13)14/h4-7,14,16H,8-9,18H2,1-3H3. The Morgan fingerprint density at radius 3 is 2.58 bits per heavy atom. The van der Waals surface area contributed by atoms with Gasteiger partial charge in [-0.2, -0.15) is 0 Å². The van der Waals surface area contributed by atoms with Crippen LogP contribution in [0.1, 0.15) is 52.2 Å². The molecule has 100 valence electrons. The van der Waals surface area contributed by atoms with E-state index in [2.05, 4.69) is 31.2 Å². The maximum Gasteiger partial charge on any atom is 0.106 e. The van der Waals surface area contributed by atoms with Gasteiger partial charge in [0.25, 0.3) is 0 Å². The highest BCUT2D eigenvalue weighted by atomic mass is 16.3. The van der Waals surface area contributed by atoms with Gasteiger partial charge in [0.1, 0.15) is 11.5 Å². The molecule has 1 aliphatic carbocycles. The van der Waals surface area contributed by atoms with Crippen LogP contribution in [0.25, 0.3) is 0 Å². The van der Waals surface area contributed by atoms with Gasteiger partial charge in [0.2, 0.25) is 0 Å². The molecule has 2 unspecified atom stereocenters. The number of hydrogen-bond donors (Lipinski definition) is 1. The molecule has 2 heteroatoms. The van der Waals surface area contributed by atoms with Crippen molar-refractivity contribution in [3.63, 3.8) is 0 Å². The van der Waals surface area contributed by atoms with Gasteiger partial charge in [-0.05, 0) is 56.2 Å². The zero-order chi connectivity index (χ0) is 13.6. The minimum atomic E-state index is 0.0795. The lowest BCUT2D eigenvalue weighted by atomic mass is 9.73. The molecule has 0 bridgehead atoms. The van der Waals surface area contributed by atoms with E-state index >= 15 is 0 Å². The highest BCUT2D eigenvalue weighted by molar-refractivity contribution is 5.41. The second-order valence-corrected chi connectivity index (χ2v) is 5.70. The fourth-order valence-corrected chi connectivity index (χ4v) is 3.35. The Bertz CT molecular complexity index is 612. The normalized spacial score (nSPS) is 18.8. The average molecular weight is 255 g/mol.